The molecule has 104 valence electrons. The number of hydrogen-bond donors (Lipinski definition) is 1. The van der Waals surface area contributed by atoms with E-state index in [-0.39, 0.29) is 0 Å². The lowest BCUT2D eigenvalue weighted by Crippen LogP contribution is -2.18. The first-order valence-corrected chi connectivity index (χ1v) is 7.38. The van der Waals surface area contributed by atoms with Gasteiger partial charge in [-0.25, -0.2) is 0 Å². The SMILES string of the molecule is CN(Cc1cccc(Cl)c1)Cc1cccc2c1NCC2. The van der Waals surface area contributed by atoms with Gasteiger partial charge in [0.25, 0.3) is 0 Å². The van der Waals surface area contributed by atoms with Crippen molar-refractivity contribution in [1.29, 1.82) is 0 Å². The molecule has 0 unspecified atom stereocenters. The number of benzene rings is 2. The van der Waals surface area contributed by atoms with E-state index in [0.29, 0.717) is 0 Å². The zero-order valence-electron chi connectivity index (χ0n) is 11.7. The molecule has 0 saturated carbocycles. The molecule has 3 rings (SSSR count). The maximum absolute atomic E-state index is 6.04. The Bertz CT molecular complexity index is 610. The molecule has 1 aliphatic rings. The van der Waals surface area contributed by atoms with Crippen LogP contribution in [0.5, 0.6) is 0 Å². The van der Waals surface area contributed by atoms with Gasteiger partial charge >= 0.3 is 0 Å². The highest BCUT2D eigenvalue weighted by Gasteiger charge is 2.14. The fourth-order valence-electron chi connectivity index (χ4n) is 2.84. The van der Waals surface area contributed by atoms with Gasteiger partial charge in [0.1, 0.15) is 0 Å². The molecule has 1 N–H and O–H groups in total. The number of para-hydroxylation sites is 1. The van der Waals surface area contributed by atoms with Crippen molar-refractivity contribution >= 4 is 17.3 Å². The van der Waals surface area contributed by atoms with E-state index in [1.165, 1.54) is 22.4 Å². The minimum atomic E-state index is 0.804. The van der Waals surface area contributed by atoms with Crippen molar-refractivity contribution in [3.63, 3.8) is 0 Å². The molecule has 3 heteroatoms. The van der Waals surface area contributed by atoms with Crippen molar-refractivity contribution in [2.45, 2.75) is 19.5 Å². The van der Waals surface area contributed by atoms with Crippen LogP contribution in [-0.4, -0.2) is 18.5 Å². The summed E-state index contributed by atoms with van der Waals surface area (Å²) in [6.45, 7) is 2.91. The fourth-order valence-corrected chi connectivity index (χ4v) is 3.05. The number of fused-ring (bicyclic) bond motifs is 1. The standard InChI is InChI=1S/C17H19ClN2/c1-20(11-13-4-2-7-16(18)10-13)12-15-6-3-5-14-8-9-19-17(14)15/h2-7,10,19H,8-9,11-12H2,1H3. The van der Waals surface area contributed by atoms with Gasteiger partial charge in [0.15, 0.2) is 0 Å². The molecule has 0 spiro atoms. The van der Waals surface area contributed by atoms with Gasteiger partial charge in [0.05, 0.1) is 0 Å². The third-order valence-electron chi connectivity index (χ3n) is 3.71. The molecule has 0 radical (unpaired) electrons. The summed E-state index contributed by atoms with van der Waals surface area (Å²) < 4.78 is 0. The number of nitrogens with zero attached hydrogens (tertiary/aromatic N) is 1. The second-order valence-electron chi connectivity index (χ2n) is 5.43. The van der Waals surface area contributed by atoms with E-state index in [0.717, 1.165) is 31.1 Å². The Balaban J connectivity index is 1.70. The van der Waals surface area contributed by atoms with Gasteiger partial charge in [-0.05, 0) is 42.3 Å². The molecule has 0 aromatic heterocycles. The van der Waals surface area contributed by atoms with Crippen molar-refractivity contribution in [2.24, 2.45) is 0 Å². The van der Waals surface area contributed by atoms with Crippen molar-refractivity contribution in [3.05, 3.63) is 64.2 Å². The topological polar surface area (TPSA) is 15.3 Å². The van der Waals surface area contributed by atoms with E-state index in [1.54, 1.807) is 0 Å². The first kappa shape index (κ1) is 13.5. The van der Waals surface area contributed by atoms with Crippen LogP contribution < -0.4 is 5.32 Å². The summed E-state index contributed by atoms with van der Waals surface area (Å²) in [6, 6.07) is 14.7. The van der Waals surface area contributed by atoms with E-state index in [4.69, 9.17) is 11.6 Å². The summed E-state index contributed by atoms with van der Waals surface area (Å²) in [4.78, 5) is 2.32. The third kappa shape index (κ3) is 2.97. The van der Waals surface area contributed by atoms with Crippen molar-refractivity contribution in [2.75, 3.05) is 18.9 Å². The summed E-state index contributed by atoms with van der Waals surface area (Å²) in [7, 11) is 2.15. The number of hydrogen-bond acceptors (Lipinski definition) is 2. The zero-order valence-corrected chi connectivity index (χ0v) is 12.5. The minimum Gasteiger partial charge on any atom is -0.384 e. The first-order chi connectivity index (χ1) is 9.72. The van der Waals surface area contributed by atoms with Gasteiger partial charge < -0.3 is 5.32 Å². The minimum absolute atomic E-state index is 0.804. The molecular formula is C17H19ClN2. The molecule has 0 atom stereocenters. The summed E-state index contributed by atoms with van der Waals surface area (Å²) in [5.41, 5.74) is 5.41. The number of rotatable bonds is 4. The second kappa shape index (κ2) is 5.86. The molecule has 0 amide bonds. The Morgan fingerprint density at radius 3 is 2.85 bits per heavy atom. The highest BCUT2D eigenvalue weighted by atomic mass is 35.5. The average molecular weight is 287 g/mol. The summed E-state index contributed by atoms with van der Waals surface area (Å²) >= 11 is 6.04. The van der Waals surface area contributed by atoms with Crippen LogP contribution in [0.1, 0.15) is 16.7 Å². The normalized spacial score (nSPS) is 13.3. The Labute approximate surface area is 125 Å². The van der Waals surface area contributed by atoms with E-state index >= 15 is 0 Å². The Morgan fingerprint density at radius 2 is 2.00 bits per heavy atom. The third-order valence-corrected chi connectivity index (χ3v) is 3.95. The highest BCUT2D eigenvalue weighted by Crippen LogP contribution is 2.27. The molecule has 2 aromatic carbocycles. The van der Waals surface area contributed by atoms with E-state index in [9.17, 15) is 0 Å². The van der Waals surface area contributed by atoms with Crippen LogP contribution in [0.2, 0.25) is 5.02 Å². The average Bonchev–Trinajstić information content (AvgIpc) is 2.88. The molecule has 0 aliphatic carbocycles. The molecule has 20 heavy (non-hydrogen) atoms. The molecule has 1 heterocycles. The van der Waals surface area contributed by atoms with Crippen molar-refractivity contribution in [3.8, 4) is 0 Å². The first-order valence-electron chi connectivity index (χ1n) is 7.00. The Hall–Kier alpha value is -1.51. The van der Waals surface area contributed by atoms with Crippen LogP contribution >= 0.6 is 11.6 Å². The lowest BCUT2D eigenvalue weighted by atomic mass is 10.1. The molecule has 0 bridgehead atoms. The summed E-state index contributed by atoms with van der Waals surface area (Å²) in [5, 5.41) is 4.30. The largest absolute Gasteiger partial charge is 0.384 e. The van der Waals surface area contributed by atoms with Gasteiger partial charge in [-0.2, -0.15) is 0 Å². The van der Waals surface area contributed by atoms with Crippen molar-refractivity contribution < 1.29 is 0 Å². The lowest BCUT2D eigenvalue weighted by Gasteiger charge is -2.19. The van der Waals surface area contributed by atoms with Crippen LogP contribution in [0.25, 0.3) is 0 Å². The Kier molecular flexibility index (Phi) is 3.95. The van der Waals surface area contributed by atoms with E-state index in [1.807, 2.05) is 18.2 Å². The monoisotopic (exact) mass is 286 g/mol. The summed E-state index contributed by atoms with van der Waals surface area (Å²) in [6.07, 6.45) is 1.14. The number of halogens is 1. The lowest BCUT2D eigenvalue weighted by molar-refractivity contribution is 0.319. The van der Waals surface area contributed by atoms with Gasteiger partial charge in [-0.15, -0.1) is 0 Å². The molecular weight excluding hydrogens is 268 g/mol. The molecule has 2 nitrogen and oxygen atoms in total. The van der Waals surface area contributed by atoms with Crippen LogP contribution in [-0.2, 0) is 19.5 Å². The van der Waals surface area contributed by atoms with Crippen LogP contribution in [0, 0.1) is 0 Å². The van der Waals surface area contributed by atoms with E-state index < -0.39 is 0 Å². The second-order valence-corrected chi connectivity index (χ2v) is 5.87. The molecule has 1 aliphatic heterocycles. The predicted molar refractivity (Wildman–Crippen MR) is 85.3 cm³/mol. The van der Waals surface area contributed by atoms with Gasteiger partial charge in [0, 0.05) is 30.3 Å². The molecule has 2 aromatic rings. The Morgan fingerprint density at radius 1 is 1.15 bits per heavy atom. The van der Waals surface area contributed by atoms with Crippen LogP contribution in [0.3, 0.4) is 0 Å². The molecule has 0 saturated heterocycles. The summed E-state index contributed by atoms with van der Waals surface area (Å²) in [5.74, 6) is 0. The predicted octanol–water partition coefficient (Wildman–Crippen LogP) is 3.94. The van der Waals surface area contributed by atoms with Gasteiger partial charge in [-0.3, -0.25) is 4.90 Å². The van der Waals surface area contributed by atoms with Crippen LogP contribution in [0.15, 0.2) is 42.5 Å². The number of nitrogens with one attached hydrogen (secondary N) is 1. The number of anilines is 1. The highest BCUT2D eigenvalue weighted by molar-refractivity contribution is 6.30. The smallest absolute Gasteiger partial charge is 0.0419 e. The van der Waals surface area contributed by atoms with Gasteiger partial charge in [0.2, 0.25) is 0 Å². The zero-order chi connectivity index (χ0) is 13.9. The quantitative estimate of drug-likeness (QED) is 0.916. The van der Waals surface area contributed by atoms with Crippen molar-refractivity contribution in [1.82, 2.24) is 4.90 Å². The fraction of sp³-hybridized carbons (Fsp3) is 0.294. The maximum atomic E-state index is 6.04. The van der Waals surface area contributed by atoms with Gasteiger partial charge in [-0.1, -0.05) is 41.9 Å². The van der Waals surface area contributed by atoms with E-state index in [2.05, 4.69) is 41.5 Å². The maximum Gasteiger partial charge on any atom is 0.0419 e. The van der Waals surface area contributed by atoms with Crippen LogP contribution in [0.4, 0.5) is 5.69 Å². The molecule has 0 fully saturated rings.